The molecule has 1 nitrogen and oxygen atoms in total. The fourth-order valence-electron chi connectivity index (χ4n) is 2.36. The van der Waals surface area contributed by atoms with Gasteiger partial charge in [-0.3, -0.25) is 4.79 Å². The van der Waals surface area contributed by atoms with Crippen molar-refractivity contribution in [3.05, 3.63) is 41.5 Å². The lowest BCUT2D eigenvalue weighted by Gasteiger charge is -2.09. The Morgan fingerprint density at radius 3 is 2.53 bits per heavy atom. The molecule has 0 saturated heterocycles. The van der Waals surface area contributed by atoms with Crippen LogP contribution >= 0.6 is 0 Å². The average Bonchev–Trinajstić information content (AvgIpc) is 2.46. The third kappa shape index (κ3) is 5.42. The number of carbonyl (C=O) groups is 1. The van der Waals surface area contributed by atoms with Gasteiger partial charge in [-0.2, -0.15) is 0 Å². The number of hydrogen-bond donors (Lipinski definition) is 0. The molecular weight excluding hydrogens is 232 g/mol. The molecule has 19 heavy (non-hydrogen) atoms. The molecule has 0 aliphatic carbocycles. The zero-order chi connectivity index (χ0) is 13.9. The molecule has 0 aliphatic rings. The molecule has 0 N–H and O–H groups in total. The first kappa shape index (κ1) is 15.7. The Hall–Kier alpha value is -1.37. The highest BCUT2D eigenvalue weighted by Crippen LogP contribution is 2.24. The van der Waals surface area contributed by atoms with E-state index in [1.165, 1.54) is 31.3 Å². The summed E-state index contributed by atoms with van der Waals surface area (Å²) in [6, 6.07) is 7.92. The zero-order valence-corrected chi connectivity index (χ0v) is 12.3. The molecule has 1 aromatic rings. The topological polar surface area (TPSA) is 17.1 Å². The maximum Gasteiger partial charge on any atom is 0.150 e. The molecule has 0 atom stereocenters. The van der Waals surface area contributed by atoms with Gasteiger partial charge in [0.25, 0.3) is 0 Å². The van der Waals surface area contributed by atoms with Crippen LogP contribution in [-0.2, 0) is 0 Å². The van der Waals surface area contributed by atoms with Gasteiger partial charge in [0.15, 0.2) is 6.29 Å². The third-order valence-electron chi connectivity index (χ3n) is 3.40. The van der Waals surface area contributed by atoms with Gasteiger partial charge in [0, 0.05) is 5.56 Å². The fourth-order valence-corrected chi connectivity index (χ4v) is 2.36. The maximum absolute atomic E-state index is 11.1. The molecule has 0 saturated carbocycles. The second kappa shape index (κ2) is 9.55. The highest BCUT2D eigenvalue weighted by molar-refractivity contribution is 5.85. The molecule has 0 unspecified atom stereocenters. The summed E-state index contributed by atoms with van der Waals surface area (Å²) in [5.41, 5.74) is 3.27. The van der Waals surface area contributed by atoms with E-state index in [1.807, 2.05) is 18.2 Å². The van der Waals surface area contributed by atoms with Crippen LogP contribution in [0.3, 0.4) is 0 Å². The minimum atomic E-state index is 0.816. The van der Waals surface area contributed by atoms with Crippen molar-refractivity contribution in [3.8, 4) is 0 Å². The highest BCUT2D eigenvalue weighted by atomic mass is 16.1. The van der Waals surface area contributed by atoms with Crippen molar-refractivity contribution in [3.63, 3.8) is 0 Å². The van der Waals surface area contributed by atoms with E-state index in [0.717, 1.165) is 36.7 Å². The van der Waals surface area contributed by atoms with Crippen LogP contribution in [0.4, 0.5) is 0 Å². The Balaban J connectivity index is 2.75. The second-order valence-electron chi connectivity index (χ2n) is 5.03. The largest absolute Gasteiger partial charge is 0.298 e. The molecule has 0 radical (unpaired) electrons. The van der Waals surface area contributed by atoms with Gasteiger partial charge in [-0.15, -0.1) is 0 Å². The summed E-state index contributed by atoms with van der Waals surface area (Å²) in [6.07, 6.45) is 11.8. The normalized spacial score (nSPS) is 11.6. The lowest BCUT2D eigenvalue weighted by Crippen LogP contribution is -1.92. The summed E-state index contributed by atoms with van der Waals surface area (Å²) in [4.78, 5) is 11.1. The first-order valence-electron chi connectivity index (χ1n) is 7.57. The van der Waals surface area contributed by atoms with Crippen LogP contribution in [-0.4, -0.2) is 6.29 Å². The number of allylic oxidation sites excluding steroid dienone is 2. The van der Waals surface area contributed by atoms with Gasteiger partial charge >= 0.3 is 0 Å². The smallest absolute Gasteiger partial charge is 0.150 e. The van der Waals surface area contributed by atoms with Gasteiger partial charge in [0.1, 0.15) is 0 Å². The van der Waals surface area contributed by atoms with Gasteiger partial charge in [0.05, 0.1) is 0 Å². The molecule has 1 heteroatoms. The van der Waals surface area contributed by atoms with Crippen LogP contribution in [0.2, 0.25) is 0 Å². The Morgan fingerprint density at radius 2 is 1.84 bits per heavy atom. The lowest BCUT2D eigenvalue weighted by atomic mass is 9.95. The van der Waals surface area contributed by atoms with Crippen molar-refractivity contribution in [2.24, 2.45) is 0 Å². The first-order chi connectivity index (χ1) is 9.33. The zero-order valence-electron chi connectivity index (χ0n) is 12.3. The van der Waals surface area contributed by atoms with E-state index in [-0.39, 0.29) is 0 Å². The standard InChI is InChI=1S/C18H26O/c1-3-5-6-7-8-12-16(11-4-2)18-14-10-9-13-17(18)15-19/h9-10,12-15H,3-8,11H2,1-2H3/b16-12-. The van der Waals surface area contributed by atoms with Crippen molar-refractivity contribution < 1.29 is 4.79 Å². The minimum Gasteiger partial charge on any atom is -0.298 e. The van der Waals surface area contributed by atoms with Crippen molar-refractivity contribution in [1.29, 1.82) is 0 Å². The van der Waals surface area contributed by atoms with Crippen molar-refractivity contribution in [2.75, 3.05) is 0 Å². The summed E-state index contributed by atoms with van der Waals surface area (Å²) >= 11 is 0. The molecular formula is C18H26O. The number of rotatable bonds is 9. The quantitative estimate of drug-likeness (QED) is 0.413. The summed E-state index contributed by atoms with van der Waals surface area (Å²) < 4.78 is 0. The number of carbonyl (C=O) groups excluding carboxylic acids is 1. The Labute approximate surface area is 117 Å². The predicted molar refractivity (Wildman–Crippen MR) is 83.5 cm³/mol. The van der Waals surface area contributed by atoms with Crippen molar-refractivity contribution in [1.82, 2.24) is 0 Å². The molecule has 0 fully saturated rings. The second-order valence-corrected chi connectivity index (χ2v) is 5.03. The van der Waals surface area contributed by atoms with E-state index in [9.17, 15) is 4.79 Å². The Bertz CT molecular complexity index is 404. The van der Waals surface area contributed by atoms with E-state index in [4.69, 9.17) is 0 Å². The molecule has 0 aromatic heterocycles. The summed E-state index contributed by atoms with van der Waals surface area (Å²) in [7, 11) is 0. The van der Waals surface area contributed by atoms with Gasteiger partial charge in [-0.25, -0.2) is 0 Å². The number of aldehydes is 1. The van der Waals surface area contributed by atoms with Gasteiger partial charge < -0.3 is 0 Å². The van der Waals surface area contributed by atoms with E-state index in [0.29, 0.717) is 0 Å². The summed E-state index contributed by atoms with van der Waals surface area (Å²) in [6.45, 7) is 4.42. The molecule has 0 aliphatic heterocycles. The fraction of sp³-hybridized carbons (Fsp3) is 0.500. The van der Waals surface area contributed by atoms with E-state index in [1.54, 1.807) is 0 Å². The Kier molecular flexibility index (Phi) is 7.88. The highest BCUT2D eigenvalue weighted by Gasteiger charge is 2.05. The van der Waals surface area contributed by atoms with Crippen LogP contribution < -0.4 is 0 Å². The Morgan fingerprint density at radius 1 is 1.05 bits per heavy atom. The number of hydrogen-bond acceptors (Lipinski definition) is 1. The molecule has 0 heterocycles. The third-order valence-corrected chi connectivity index (χ3v) is 3.40. The SMILES string of the molecule is CCCCCC/C=C(/CCC)c1ccccc1C=O. The molecule has 0 spiro atoms. The predicted octanol–water partition coefficient (Wildman–Crippen LogP) is 5.65. The summed E-state index contributed by atoms with van der Waals surface area (Å²) in [5.74, 6) is 0. The summed E-state index contributed by atoms with van der Waals surface area (Å²) in [5, 5.41) is 0. The maximum atomic E-state index is 11.1. The van der Waals surface area contributed by atoms with Gasteiger partial charge in [-0.1, -0.05) is 69.9 Å². The first-order valence-corrected chi connectivity index (χ1v) is 7.57. The number of unbranched alkanes of at least 4 members (excludes halogenated alkanes) is 4. The number of benzene rings is 1. The molecule has 104 valence electrons. The monoisotopic (exact) mass is 258 g/mol. The molecule has 0 bridgehead atoms. The van der Waals surface area contributed by atoms with Gasteiger partial charge in [-0.05, 0) is 30.4 Å². The van der Waals surface area contributed by atoms with Crippen LogP contribution in [0, 0.1) is 0 Å². The van der Waals surface area contributed by atoms with Crippen LogP contribution in [0.15, 0.2) is 30.3 Å². The lowest BCUT2D eigenvalue weighted by molar-refractivity contribution is 0.112. The van der Waals surface area contributed by atoms with Crippen LogP contribution in [0.1, 0.15) is 74.7 Å². The molecule has 0 amide bonds. The van der Waals surface area contributed by atoms with E-state index < -0.39 is 0 Å². The molecule has 1 aromatic carbocycles. The van der Waals surface area contributed by atoms with E-state index >= 15 is 0 Å². The van der Waals surface area contributed by atoms with Crippen molar-refractivity contribution >= 4 is 11.9 Å². The van der Waals surface area contributed by atoms with Crippen LogP contribution in [0.5, 0.6) is 0 Å². The van der Waals surface area contributed by atoms with Crippen molar-refractivity contribution in [2.45, 2.75) is 58.8 Å². The van der Waals surface area contributed by atoms with Crippen LogP contribution in [0.25, 0.3) is 5.57 Å². The average molecular weight is 258 g/mol. The molecule has 1 rings (SSSR count). The van der Waals surface area contributed by atoms with Gasteiger partial charge in [0.2, 0.25) is 0 Å². The minimum absolute atomic E-state index is 0.816. The van der Waals surface area contributed by atoms with E-state index in [2.05, 4.69) is 26.0 Å².